The summed E-state index contributed by atoms with van der Waals surface area (Å²) in [7, 11) is 0. The Morgan fingerprint density at radius 1 is 1.79 bits per heavy atom. The van der Waals surface area contributed by atoms with Crippen LogP contribution in [0.15, 0.2) is 6.33 Å². The molecule has 0 fully saturated rings. The average molecular weight is 215 g/mol. The van der Waals surface area contributed by atoms with Gasteiger partial charge in [-0.3, -0.25) is 4.79 Å². The van der Waals surface area contributed by atoms with Crippen molar-refractivity contribution < 1.29 is 9.90 Å². The van der Waals surface area contributed by atoms with Crippen molar-refractivity contribution in [1.82, 2.24) is 9.36 Å². The van der Waals surface area contributed by atoms with Gasteiger partial charge in [0.15, 0.2) is 0 Å². The maximum atomic E-state index is 10.5. The van der Waals surface area contributed by atoms with Crippen molar-refractivity contribution in [2.24, 2.45) is 5.92 Å². The van der Waals surface area contributed by atoms with Crippen LogP contribution < -0.4 is 5.32 Å². The molecule has 1 atom stereocenters. The van der Waals surface area contributed by atoms with E-state index in [1.807, 2.05) is 0 Å². The summed E-state index contributed by atoms with van der Waals surface area (Å²) in [5.41, 5.74) is 0. The van der Waals surface area contributed by atoms with E-state index in [0.29, 0.717) is 6.42 Å². The Labute approximate surface area is 86.3 Å². The zero-order chi connectivity index (χ0) is 10.4. The van der Waals surface area contributed by atoms with Crippen LogP contribution in [-0.4, -0.2) is 27.0 Å². The van der Waals surface area contributed by atoms with Gasteiger partial charge >= 0.3 is 5.97 Å². The van der Waals surface area contributed by atoms with E-state index in [1.54, 1.807) is 6.92 Å². The first-order chi connectivity index (χ1) is 6.70. The van der Waals surface area contributed by atoms with Gasteiger partial charge in [0.1, 0.15) is 6.33 Å². The Morgan fingerprint density at radius 2 is 2.57 bits per heavy atom. The summed E-state index contributed by atoms with van der Waals surface area (Å²) in [4.78, 5) is 14.4. The number of hydrogen-bond acceptors (Lipinski definition) is 5. The van der Waals surface area contributed by atoms with E-state index in [0.717, 1.165) is 18.1 Å². The zero-order valence-corrected chi connectivity index (χ0v) is 8.75. The quantitative estimate of drug-likeness (QED) is 0.702. The van der Waals surface area contributed by atoms with Gasteiger partial charge in [-0.05, 0) is 12.8 Å². The topological polar surface area (TPSA) is 75.1 Å². The summed E-state index contributed by atoms with van der Waals surface area (Å²) in [6.07, 6.45) is 3.00. The number of nitrogens with zero attached hydrogens (tertiary/aromatic N) is 2. The molecule has 0 aromatic carbocycles. The van der Waals surface area contributed by atoms with E-state index in [1.165, 1.54) is 17.9 Å². The standard InChI is InChI=1S/C8H13N3O2S/c1-6(7(12)13)3-2-4-9-8-10-5-11-14-8/h5-6H,2-4H2,1H3,(H,12,13)(H,9,10,11). The Bertz CT molecular complexity index is 276. The highest BCUT2D eigenvalue weighted by Crippen LogP contribution is 2.09. The molecule has 0 radical (unpaired) electrons. The maximum absolute atomic E-state index is 10.5. The van der Waals surface area contributed by atoms with Crippen LogP contribution in [0.4, 0.5) is 5.13 Å². The highest BCUT2D eigenvalue weighted by Gasteiger charge is 2.09. The molecule has 0 bridgehead atoms. The van der Waals surface area contributed by atoms with Crippen molar-refractivity contribution >= 4 is 22.6 Å². The van der Waals surface area contributed by atoms with Gasteiger partial charge in [-0.25, -0.2) is 4.98 Å². The minimum Gasteiger partial charge on any atom is -0.481 e. The maximum Gasteiger partial charge on any atom is 0.306 e. The molecule has 1 heterocycles. The molecule has 0 saturated carbocycles. The summed E-state index contributed by atoms with van der Waals surface area (Å²) in [5, 5.41) is 12.5. The molecule has 1 aromatic heterocycles. The van der Waals surface area contributed by atoms with Crippen molar-refractivity contribution in [3.05, 3.63) is 6.33 Å². The summed E-state index contributed by atoms with van der Waals surface area (Å²) in [5.74, 6) is -1.01. The highest BCUT2D eigenvalue weighted by atomic mass is 32.1. The minimum absolute atomic E-state index is 0.272. The van der Waals surface area contributed by atoms with E-state index in [4.69, 9.17) is 5.11 Å². The second-order valence-corrected chi connectivity index (χ2v) is 3.83. The van der Waals surface area contributed by atoms with Crippen molar-refractivity contribution in [3.8, 4) is 0 Å². The SMILES string of the molecule is CC(CCCNc1ncns1)C(=O)O. The molecule has 78 valence electrons. The van der Waals surface area contributed by atoms with Crippen LogP contribution in [0.3, 0.4) is 0 Å². The molecular weight excluding hydrogens is 202 g/mol. The van der Waals surface area contributed by atoms with Gasteiger partial charge in [-0.15, -0.1) is 0 Å². The molecule has 1 aromatic rings. The van der Waals surface area contributed by atoms with Crippen molar-refractivity contribution in [1.29, 1.82) is 0 Å². The van der Waals surface area contributed by atoms with Gasteiger partial charge in [0.05, 0.1) is 5.92 Å². The van der Waals surface area contributed by atoms with Crippen LogP contribution >= 0.6 is 11.5 Å². The van der Waals surface area contributed by atoms with E-state index >= 15 is 0 Å². The Hall–Kier alpha value is -1.17. The molecule has 6 heteroatoms. The summed E-state index contributed by atoms with van der Waals surface area (Å²) in [6.45, 7) is 2.46. The lowest BCUT2D eigenvalue weighted by atomic mass is 10.1. The van der Waals surface area contributed by atoms with Crippen LogP contribution in [0.2, 0.25) is 0 Å². The molecule has 0 spiro atoms. The Balaban J connectivity index is 2.08. The second kappa shape index (κ2) is 5.54. The molecule has 14 heavy (non-hydrogen) atoms. The normalized spacial score (nSPS) is 12.4. The van der Waals surface area contributed by atoms with Gasteiger partial charge in [-0.1, -0.05) is 6.92 Å². The van der Waals surface area contributed by atoms with Gasteiger partial charge in [0.2, 0.25) is 5.13 Å². The fraction of sp³-hybridized carbons (Fsp3) is 0.625. The number of carbonyl (C=O) groups is 1. The smallest absolute Gasteiger partial charge is 0.306 e. The van der Waals surface area contributed by atoms with E-state index in [-0.39, 0.29) is 5.92 Å². The number of carboxylic acids is 1. The third-order valence-electron chi connectivity index (χ3n) is 1.87. The molecule has 5 nitrogen and oxygen atoms in total. The van der Waals surface area contributed by atoms with Gasteiger partial charge in [0.25, 0.3) is 0 Å². The summed E-state index contributed by atoms with van der Waals surface area (Å²) in [6, 6.07) is 0. The first-order valence-corrected chi connectivity index (χ1v) is 5.21. The summed E-state index contributed by atoms with van der Waals surface area (Å²) < 4.78 is 3.84. The molecule has 1 rings (SSSR count). The van der Waals surface area contributed by atoms with E-state index < -0.39 is 5.97 Å². The third-order valence-corrected chi connectivity index (χ3v) is 2.50. The highest BCUT2D eigenvalue weighted by molar-refractivity contribution is 7.09. The number of nitrogens with one attached hydrogen (secondary N) is 1. The second-order valence-electron chi connectivity index (χ2n) is 3.05. The van der Waals surface area contributed by atoms with Crippen molar-refractivity contribution in [2.75, 3.05) is 11.9 Å². The van der Waals surface area contributed by atoms with Crippen molar-refractivity contribution in [3.63, 3.8) is 0 Å². The molecule has 0 aliphatic rings. The predicted molar refractivity (Wildman–Crippen MR) is 54.4 cm³/mol. The van der Waals surface area contributed by atoms with Crippen LogP contribution in [0.5, 0.6) is 0 Å². The lowest BCUT2D eigenvalue weighted by Gasteiger charge is -2.05. The fourth-order valence-corrected chi connectivity index (χ4v) is 1.43. The number of hydrogen-bond donors (Lipinski definition) is 2. The first kappa shape index (κ1) is 10.9. The van der Waals surface area contributed by atoms with Crippen molar-refractivity contribution in [2.45, 2.75) is 19.8 Å². The number of aliphatic carboxylic acids is 1. The Morgan fingerprint density at radius 3 is 3.14 bits per heavy atom. The van der Waals surface area contributed by atoms with E-state index in [2.05, 4.69) is 14.7 Å². The van der Waals surface area contributed by atoms with Gasteiger partial charge in [-0.2, -0.15) is 4.37 Å². The third kappa shape index (κ3) is 3.69. The van der Waals surface area contributed by atoms with Crippen LogP contribution in [0.25, 0.3) is 0 Å². The molecule has 0 amide bonds. The monoisotopic (exact) mass is 215 g/mol. The molecule has 0 aliphatic heterocycles. The van der Waals surface area contributed by atoms with Crippen LogP contribution in [0, 0.1) is 5.92 Å². The van der Waals surface area contributed by atoms with Crippen LogP contribution in [-0.2, 0) is 4.79 Å². The average Bonchev–Trinajstić information content (AvgIpc) is 2.64. The van der Waals surface area contributed by atoms with E-state index in [9.17, 15) is 4.79 Å². The molecular formula is C8H13N3O2S. The molecule has 1 unspecified atom stereocenters. The molecule has 0 saturated heterocycles. The molecule has 2 N–H and O–H groups in total. The number of rotatable bonds is 6. The summed E-state index contributed by atoms with van der Waals surface area (Å²) >= 11 is 1.30. The first-order valence-electron chi connectivity index (χ1n) is 4.43. The largest absolute Gasteiger partial charge is 0.481 e. The number of carboxylic acid groups (broad SMARTS) is 1. The number of aromatic nitrogens is 2. The minimum atomic E-state index is -0.735. The van der Waals surface area contributed by atoms with Gasteiger partial charge in [0, 0.05) is 18.1 Å². The van der Waals surface area contributed by atoms with Gasteiger partial charge < -0.3 is 10.4 Å². The fourth-order valence-electron chi connectivity index (χ4n) is 0.978. The van der Waals surface area contributed by atoms with Crippen LogP contribution in [0.1, 0.15) is 19.8 Å². The zero-order valence-electron chi connectivity index (χ0n) is 7.93. The predicted octanol–water partition coefficient (Wildman–Crippen LogP) is 1.45. The lowest BCUT2D eigenvalue weighted by Crippen LogP contribution is -2.11. The lowest BCUT2D eigenvalue weighted by molar-refractivity contribution is -0.141. The Kier molecular flexibility index (Phi) is 4.31. The number of anilines is 1. The molecule has 0 aliphatic carbocycles.